The number of carbonyl (C=O) groups excluding carboxylic acids is 2. The number of pyridine rings is 1. The molecule has 6 heteroatoms. The molecule has 2 amide bonds. The molecule has 1 aromatic carbocycles. The van der Waals surface area contributed by atoms with E-state index in [1.807, 2.05) is 12.1 Å². The first kappa shape index (κ1) is 15.0. The number of para-hydroxylation sites is 1. The van der Waals surface area contributed by atoms with Gasteiger partial charge in [-0.25, -0.2) is 0 Å². The quantitative estimate of drug-likeness (QED) is 0.896. The Labute approximate surface area is 134 Å². The molecular weight excluding hydrogens is 292 g/mol. The molecule has 1 atom stereocenters. The van der Waals surface area contributed by atoms with Crippen LogP contribution in [-0.2, 0) is 0 Å². The summed E-state index contributed by atoms with van der Waals surface area (Å²) < 4.78 is 0. The third kappa shape index (κ3) is 3.31. The number of nitrogens with two attached hydrogens (primary N) is 1. The van der Waals surface area contributed by atoms with Crippen LogP contribution in [0.3, 0.4) is 0 Å². The monoisotopic (exact) mass is 310 g/mol. The number of anilines is 1. The molecule has 0 aliphatic carbocycles. The second kappa shape index (κ2) is 6.48. The Bertz CT molecular complexity index is 718. The number of nitrogens with zero attached hydrogens (tertiary/aromatic N) is 2. The maximum atomic E-state index is 12.4. The zero-order chi connectivity index (χ0) is 16.2. The number of rotatable bonds is 4. The van der Waals surface area contributed by atoms with Crippen molar-refractivity contribution < 1.29 is 9.59 Å². The highest BCUT2D eigenvalue weighted by Gasteiger charge is 2.27. The summed E-state index contributed by atoms with van der Waals surface area (Å²) in [6, 6.07) is 10.8. The Balaban J connectivity index is 1.67. The highest BCUT2D eigenvalue weighted by Crippen LogP contribution is 2.20. The summed E-state index contributed by atoms with van der Waals surface area (Å²) in [5.41, 5.74) is 7.15. The Hall–Kier alpha value is -2.89. The van der Waals surface area contributed by atoms with Gasteiger partial charge in [0.1, 0.15) is 0 Å². The van der Waals surface area contributed by atoms with Gasteiger partial charge in [-0.2, -0.15) is 0 Å². The molecular formula is C17H18N4O2. The Morgan fingerprint density at radius 2 is 2.04 bits per heavy atom. The van der Waals surface area contributed by atoms with Gasteiger partial charge in [0.15, 0.2) is 0 Å². The van der Waals surface area contributed by atoms with Gasteiger partial charge >= 0.3 is 0 Å². The standard InChI is InChI=1S/C17H18N4O2/c18-16(22)14-5-1-2-6-15(14)20-13-7-9-21(11-13)17(23)12-4-3-8-19-10-12/h1-6,8,10,13,20H,7,9,11H2,(H2,18,22)/t13-/m1/s1. The summed E-state index contributed by atoms with van der Waals surface area (Å²) >= 11 is 0. The van der Waals surface area contributed by atoms with E-state index in [2.05, 4.69) is 10.3 Å². The molecule has 0 unspecified atom stereocenters. The van der Waals surface area contributed by atoms with Crippen molar-refractivity contribution in [3.05, 3.63) is 59.9 Å². The van der Waals surface area contributed by atoms with E-state index in [-0.39, 0.29) is 11.9 Å². The maximum Gasteiger partial charge on any atom is 0.255 e. The van der Waals surface area contributed by atoms with Crippen molar-refractivity contribution in [2.45, 2.75) is 12.5 Å². The summed E-state index contributed by atoms with van der Waals surface area (Å²) in [4.78, 5) is 29.6. The lowest BCUT2D eigenvalue weighted by atomic mass is 10.1. The molecule has 1 aromatic heterocycles. The Morgan fingerprint density at radius 1 is 1.22 bits per heavy atom. The van der Waals surface area contributed by atoms with E-state index in [0.717, 1.165) is 6.42 Å². The lowest BCUT2D eigenvalue weighted by molar-refractivity contribution is 0.0791. The number of benzene rings is 1. The van der Waals surface area contributed by atoms with E-state index in [1.54, 1.807) is 41.6 Å². The molecule has 118 valence electrons. The second-order valence-corrected chi connectivity index (χ2v) is 5.53. The number of amides is 2. The molecule has 2 heterocycles. The fourth-order valence-electron chi connectivity index (χ4n) is 2.78. The fourth-order valence-corrected chi connectivity index (χ4v) is 2.78. The van der Waals surface area contributed by atoms with Crippen LogP contribution in [0.15, 0.2) is 48.8 Å². The van der Waals surface area contributed by atoms with Crippen LogP contribution in [0.25, 0.3) is 0 Å². The van der Waals surface area contributed by atoms with Gasteiger partial charge in [-0.05, 0) is 30.7 Å². The number of nitrogens with one attached hydrogen (secondary N) is 1. The highest BCUT2D eigenvalue weighted by atomic mass is 16.2. The van der Waals surface area contributed by atoms with Crippen molar-refractivity contribution in [3.63, 3.8) is 0 Å². The molecule has 6 nitrogen and oxygen atoms in total. The van der Waals surface area contributed by atoms with Crippen LogP contribution in [0.4, 0.5) is 5.69 Å². The van der Waals surface area contributed by atoms with Crippen molar-refractivity contribution in [2.24, 2.45) is 5.73 Å². The van der Waals surface area contributed by atoms with Gasteiger partial charge in [0.25, 0.3) is 11.8 Å². The molecule has 0 spiro atoms. The smallest absolute Gasteiger partial charge is 0.255 e. The third-order valence-corrected chi connectivity index (χ3v) is 3.94. The lowest BCUT2D eigenvalue weighted by Gasteiger charge is -2.18. The first-order valence-corrected chi connectivity index (χ1v) is 7.50. The van der Waals surface area contributed by atoms with Crippen LogP contribution in [0.2, 0.25) is 0 Å². The highest BCUT2D eigenvalue weighted by molar-refractivity contribution is 5.98. The molecule has 1 aliphatic heterocycles. The minimum absolute atomic E-state index is 0.0226. The Kier molecular flexibility index (Phi) is 4.23. The van der Waals surface area contributed by atoms with E-state index in [4.69, 9.17) is 5.73 Å². The SMILES string of the molecule is NC(=O)c1ccccc1N[C@@H]1CCN(C(=O)c2cccnc2)C1. The topological polar surface area (TPSA) is 88.3 Å². The van der Waals surface area contributed by atoms with Crippen LogP contribution in [0.1, 0.15) is 27.1 Å². The predicted molar refractivity (Wildman–Crippen MR) is 87.1 cm³/mol. The molecule has 3 N–H and O–H groups in total. The van der Waals surface area contributed by atoms with Gasteiger partial charge in [0, 0.05) is 37.2 Å². The predicted octanol–water partition coefficient (Wildman–Crippen LogP) is 1.51. The van der Waals surface area contributed by atoms with Gasteiger partial charge in [-0.1, -0.05) is 12.1 Å². The van der Waals surface area contributed by atoms with E-state index < -0.39 is 5.91 Å². The minimum atomic E-state index is -0.464. The van der Waals surface area contributed by atoms with E-state index in [0.29, 0.717) is 29.9 Å². The average Bonchev–Trinajstić information content (AvgIpc) is 3.04. The van der Waals surface area contributed by atoms with Crippen LogP contribution >= 0.6 is 0 Å². The molecule has 2 aromatic rings. The molecule has 1 saturated heterocycles. The normalized spacial score (nSPS) is 17.0. The van der Waals surface area contributed by atoms with E-state index in [1.165, 1.54) is 0 Å². The first-order chi connectivity index (χ1) is 11.1. The minimum Gasteiger partial charge on any atom is -0.380 e. The van der Waals surface area contributed by atoms with Crippen LogP contribution in [-0.4, -0.2) is 40.8 Å². The number of primary amides is 1. The molecule has 0 bridgehead atoms. The fraction of sp³-hybridized carbons (Fsp3) is 0.235. The summed E-state index contributed by atoms with van der Waals surface area (Å²) in [6.45, 7) is 1.25. The summed E-state index contributed by atoms with van der Waals surface area (Å²) in [6.07, 6.45) is 4.04. The molecule has 1 fully saturated rings. The largest absolute Gasteiger partial charge is 0.380 e. The lowest BCUT2D eigenvalue weighted by Crippen LogP contribution is -2.32. The van der Waals surface area contributed by atoms with Gasteiger partial charge in [0.05, 0.1) is 11.1 Å². The van der Waals surface area contributed by atoms with Crippen molar-refractivity contribution in [1.29, 1.82) is 0 Å². The van der Waals surface area contributed by atoms with Gasteiger partial charge in [-0.3, -0.25) is 14.6 Å². The van der Waals surface area contributed by atoms with Gasteiger partial charge in [0.2, 0.25) is 0 Å². The summed E-state index contributed by atoms with van der Waals surface area (Å²) in [7, 11) is 0. The maximum absolute atomic E-state index is 12.4. The first-order valence-electron chi connectivity index (χ1n) is 7.50. The third-order valence-electron chi connectivity index (χ3n) is 3.94. The summed E-state index contributed by atoms with van der Waals surface area (Å²) in [5, 5.41) is 3.32. The molecule has 0 saturated carbocycles. The van der Waals surface area contributed by atoms with E-state index >= 15 is 0 Å². The van der Waals surface area contributed by atoms with Crippen molar-refractivity contribution in [1.82, 2.24) is 9.88 Å². The zero-order valence-corrected chi connectivity index (χ0v) is 12.6. The molecule has 0 radical (unpaired) electrons. The van der Waals surface area contributed by atoms with Crippen molar-refractivity contribution in [3.8, 4) is 0 Å². The van der Waals surface area contributed by atoms with Crippen molar-refractivity contribution >= 4 is 17.5 Å². The van der Waals surface area contributed by atoms with Crippen LogP contribution in [0.5, 0.6) is 0 Å². The number of carbonyl (C=O) groups is 2. The molecule has 23 heavy (non-hydrogen) atoms. The number of hydrogen-bond acceptors (Lipinski definition) is 4. The Morgan fingerprint density at radius 3 is 2.78 bits per heavy atom. The van der Waals surface area contributed by atoms with E-state index in [9.17, 15) is 9.59 Å². The van der Waals surface area contributed by atoms with Gasteiger partial charge in [-0.15, -0.1) is 0 Å². The number of hydrogen-bond donors (Lipinski definition) is 2. The molecule has 1 aliphatic rings. The molecule has 3 rings (SSSR count). The number of aromatic nitrogens is 1. The van der Waals surface area contributed by atoms with Crippen LogP contribution < -0.4 is 11.1 Å². The number of likely N-dealkylation sites (tertiary alicyclic amines) is 1. The van der Waals surface area contributed by atoms with Crippen molar-refractivity contribution in [2.75, 3.05) is 18.4 Å². The second-order valence-electron chi connectivity index (χ2n) is 5.53. The van der Waals surface area contributed by atoms with Gasteiger partial charge < -0.3 is 16.0 Å². The van der Waals surface area contributed by atoms with Crippen LogP contribution in [0, 0.1) is 0 Å². The summed E-state index contributed by atoms with van der Waals surface area (Å²) in [5.74, 6) is -0.486. The zero-order valence-electron chi connectivity index (χ0n) is 12.6. The average molecular weight is 310 g/mol.